The van der Waals surface area contributed by atoms with Crippen LogP contribution in [0.1, 0.15) is 0 Å². The molecule has 4 rings (SSSR count). The van der Waals surface area contributed by atoms with Crippen LogP contribution in [0.4, 0.5) is 11.4 Å². The van der Waals surface area contributed by atoms with Gasteiger partial charge < -0.3 is 19.5 Å². The average Bonchev–Trinajstić information content (AvgIpc) is 2.87. The molecule has 0 N–H and O–H groups in total. The molecule has 4 nitrogen and oxygen atoms in total. The summed E-state index contributed by atoms with van der Waals surface area (Å²) in [6.07, 6.45) is 0. The van der Waals surface area contributed by atoms with Crippen LogP contribution in [0, 0.1) is 0 Å². The van der Waals surface area contributed by atoms with Gasteiger partial charge in [0.25, 0.3) is 0 Å². The van der Waals surface area contributed by atoms with E-state index in [-0.39, 0.29) is 31.3 Å². The zero-order chi connectivity index (χ0) is 23.9. The third kappa shape index (κ3) is 6.20. The van der Waals surface area contributed by atoms with Crippen LogP contribution in [-0.2, 0) is 17.4 Å². The van der Waals surface area contributed by atoms with Crippen molar-refractivity contribution in [3.05, 3.63) is 121 Å². The molecule has 0 aromatic heterocycles. The number of hydrazine groups is 1. The molecule has 176 valence electrons. The van der Waals surface area contributed by atoms with Gasteiger partial charge in [-0.2, -0.15) is 0 Å². The minimum absolute atomic E-state index is 0. The number of benzene rings is 4. The molecule has 4 aromatic carbocycles. The second-order valence-corrected chi connectivity index (χ2v) is 8.86. The summed E-state index contributed by atoms with van der Waals surface area (Å²) in [7, 11) is 8.57. The molecule has 0 aliphatic rings. The fourth-order valence-corrected chi connectivity index (χ4v) is 4.49. The Hall–Kier alpha value is -2.94. The van der Waals surface area contributed by atoms with Crippen molar-refractivity contribution in [2.24, 2.45) is 0 Å². The second-order valence-electron chi connectivity index (χ2n) is 8.86. The van der Waals surface area contributed by atoms with E-state index in [1.807, 2.05) is 0 Å². The van der Waals surface area contributed by atoms with Crippen molar-refractivity contribution < 1.29 is 17.4 Å². The van der Waals surface area contributed by atoms with Crippen molar-refractivity contribution in [2.75, 3.05) is 38.0 Å². The first-order valence-corrected chi connectivity index (χ1v) is 11.7. The first-order chi connectivity index (χ1) is 16.6. The molecule has 0 radical (unpaired) electrons. The summed E-state index contributed by atoms with van der Waals surface area (Å²) in [5, 5.41) is 0. The standard InChI is InChI=1S/C28H32B2N4.Cr/c1-31(2)29(25-17-9-5-10-18-25)33(27-21-13-7-14-22-27)34(28-23-15-8-16-24-28)30(32(3)4)26-19-11-6-12-20-26;/h5-24H,1-4H3;. The molecule has 0 unspecified atom stereocenters. The third-order valence-electron chi connectivity index (χ3n) is 5.91. The zero-order valence-corrected chi connectivity index (χ0v) is 22.2. The minimum atomic E-state index is -0.0324. The van der Waals surface area contributed by atoms with Crippen LogP contribution in [0.3, 0.4) is 0 Å². The molecule has 4 aromatic rings. The maximum Gasteiger partial charge on any atom is 0.397 e. The van der Waals surface area contributed by atoms with Gasteiger partial charge in [0.05, 0.1) is 0 Å². The third-order valence-corrected chi connectivity index (χ3v) is 5.91. The van der Waals surface area contributed by atoms with Crippen molar-refractivity contribution in [3.8, 4) is 0 Å². The maximum atomic E-state index is 2.42. The largest absolute Gasteiger partial charge is 0.397 e. The Labute approximate surface area is 222 Å². The van der Waals surface area contributed by atoms with E-state index < -0.39 is 0 Å². The van der Waals surface area contributed by atoms with Crippen LogP contribution < -0.4 is 20.8 Å². The Balaban J connectivity index is 0.00000342. The van der Waals surface area contributed by atoms with Crippen LogP contribution in [0.2, 0.25) is 0 Å². The number of anilines is 2. The van der Waals surface area contributed by atoms with Crippen LogP contribution >= 0.6 is 0 Å². The number of rotatable bonds is 9. The van der Waals surface area contributed by atoms with E-state index in [2.05, 4.69) is 169 Å². The quantitative estimate of drug-likeness (QED) is 0.257. The Morgan fingerprint density at radius 3 is 0.914 bits per heavy atom. The minimum Gasteiger partial charge on any atom is -0.323 e. The summed E-state index contributed by atoms with van der Waals surface area (Å²) in [6.45, 7) is -0.0649. The van der Waals surface area contributed by atoms with Crippen LogP contribution in [0.5, 0.6) is 0 Å². The first-order valence-electron chi connectivity index (χ1n) is 11.7. The molecule has 0 aliphatic heterocycles. The van der Waals surface area contributed by atoms with Gasteiger partial charge in [0.15, 0.2) is 0 Å². The molecule has 0 aliphatic carbocycles. The molecule has 0 amide bonds. The normalized spacial score (nSPS) is 10.6. The van der Waals surface area contributed by atoms with E-state index in [4.69, 9.17) is 0 Å². The summed E-state index contributed by atoms with van der Waals surface area (Å²) in [6, 6.07) is 42.7. The molecule has 0 saturated heterocycles. The Morgan fingerprint density at radius 2 is 0.657 bits per heavy atom. The fraction of sp³-hybridized carbons (Fsp3) is 0.143. The summed E-state index contributed by atoms with van der Waals surface area (Å²) in [5.74, 6) is 0. The van der Waals surface area contributed by atoms with E-state index in [1.165, 1.54) is 10.9 Å². The van der Waals surface area contributed by atoms with E-state index in [0.29, 0.717) is 0 Å². The smallest absolute Gasteiger partial charge is 0.323 e. The topological polar surface area (TPSA) is 13.0 Å². The van der Waals surface area contributed by atoms with Gasteiger partial charge in [-0.1, -0.05) is 97.1 Å². The van der Waals surface area contributed by atoms with E-state index >= 15 is 0 Å². The number of hydrogen-bond acceptors (Lipinski definition) is 4. The number of nitrogens with zero attached hydrogens (tertiary/aromatic N) is 4. The molecule has 35 heavy (non-hydrogen) atoms. The Kier molecular flexibility index (Phi) is 9.66. The van der Waals surface area contributed by atoms with Gasteiger partial charge in [-0.25, -0.2) is 0 Å². The zero-order valence-electron chi connectivity index (χ0n) is 20.9. The van der Waals surface area contributed by atoms with Crippen LogP contribution in [0.15, 0.2) is 121 Å². The predicted molar refractivity (Wildman–Crippen MR) is 149 cm³/mol. The van der Waals surface area contributed by atoms with Gasteiger partial charge in [0, 0.05) is 28.7 Å². The maximum absolute atomic E-state index is 2.42. The van der Waals surface area contributed by atoms with Gasteiger partial charge in [0.1, 0.15) is 0 Å². The van der Waals surface area contributed by atoms with E-state index in [0.717, 1.165) is 11.4 Å². The van der Waals surface area contributed by atoms with E-state index in [1.54, 1.807) is 0 Å². The number of hydrogen-bond donors (Lipinski definition) is 0. The van der Waals surface area contributed by atoms with E-state index in [9.17, 15) is 0 Å². The molecule has 0 saturated carbocycles. The summed E-state index contributed by atoms with van der Waals surface area (Å²) < 4.78 is 0. The van der Waals surface area contributed by atoms with Gasteiger partial charge in [-0.3, -0.25) is 0 Å². The van der Waals surface area contributed by atoms with Crippen molar-refractivity contribution >= 4 is 36.3 Å². The molecule has 0 atom stereocenters. The van der Waals surface area contributed by atoms with Crippen LogP contribution in [0.25, 0.3) is 0 Å². The number of para-hydroxylation sites is 2. The van der Waals surface area contributed by atoms with Gasteiger partial charge in [0.2, 0.25) is 0 Å². The summed E-state index contributed by atoms with van der Waals surface area (Å²) in [4.78, 5) is 9.39. The van der Waals surface area contributed by atoms with Crippen molar-refractivity contribution in [1.82, 2.24) is 9.62 Å². The fourth-order valence-electron chi connectivity index (χ4n) is 4.49. The van der Waals surface area contributed by atoms with Crippen molar-refractivity contribution in [3.63, 3.8) is 0 Å². The first kappa shape index (κ1) is 26.7. The average molecular weight is 498 g/mol. The Morgan fingerprint density at radius 1 is 0.400 bits per heavy atom. The molecule has 0 spiro atoms. The van der Waals surface area contributed by atoms with Gasteiger partial charge in [-0.15, -0.1) is 0 Å². The molecular formula is C28H32B2CrN4. The summed E-state index contributed by atoms with van der Waals surface area (Å²) >= 11 is 0. The molecule has 7 heteroatoms. The SMILES string of the molecule is CN(C)B(c1ccccc1)N(c1ccccc1)N(B(c1ccccc1)N(C)C)c1ccccc1.[Cr]. The molecule has 0 heterocycles. The monoisotopic (exact) mass is 498 g/mol. The van der Waals surface area contributed by atoms with Gasteiger partial charge >= 0.3 is 14.0 Å². The van der Waals surface area contributed by atoms with Crippen LogP contribution in [-0.4, -0.2) is 51.8 Å². The molecular weight excluding hydrogens is 466 g/mol. The summed E-state index contributed by atoms with van der Waals surface area (Å²) in [5.41, 5.74) is 4.69. The predicted octanol–water partition coefficient (Wildman–Crippen LogP) is 3.83. The van der Waals surface area contributed by atoms with Crippen molar-refractivity contribution in [1.29, 1.82) is 0 Å². The van der Waals surface area contributed by atoms with Gasteiger partial charge in [-0.05, 0) is 63.4 Å². The van der Waals surface area contributed by atoms with Crippen molar-refractivity contribution in [2.45, 2.75) is 0 Å². The second kappa shape index (κ2) is 12.7. The Bertz CT molecular complexity index is 1040. The molecule has 0 bridgehead atoms. The molecule has 0 fully saturated rings.